The van der Waals surface area contributed by atoms with Crippen LogP contribution in [0.3, 0.4) is 0 Å². The number of nitriles is 1. The summed E-state index contributed by atoms with van der Waals surface area (Å²) in [6.07, 6.45) is 9.85. The largest absolute Gasteiger partial charge is 0.300 e. The monoisotopic (exact) mass is 323 g/mol. The fraction of sp³-hybridized carbons (Fsp3) is 0.636. The first-order valence-electron chi connectivity index (χ1n) is 9.68. The van der Waals surface area contributed by atoms with Gasteiger partial charge in [0.15, 0.2) is 0 Å². The number of rotatable bonds is 4. The standard InChI is InChI=1S/C22H29NO/c1-2-4-17-7-9-18(10-8-17)19-11-13-22(16-23,14-12-19)20-5-3-6-21(24)15-20/h7-10,19-20H,2-6,11-15H2,1H3/t19?,20-,22?/m1/s1. The first-order chi connectivity index (χ1) is 11.7. The Morgan fingerprint density at radius 2 is 1.88 bits per heavy atom. The van der Waals surface area contributed by atoms with Gasteiger partial charge in [-0.15, -0.1) is 0 Å². The zero-order valence-corrected chi connectivity index (χ0v) is 14.9. The van der Waals surface area contributed by atoms with E-state index in [4.69, 9.17) is 0 Å². The highest BCUT2D eigenvalue weighted by Gasteiger charge is 2.43. The Morgan fingerprint density at radius 3 is 2.46 bits per heavy atom. The molecule has 0 aliphatic heterocycles. The van der Waals surface area contributed by atoms with Crippen LogP contribution in [-0.4, -0.2) is 5.78 Å². The fourth-order valence-electron chi connectivity index (χ4n) is 4.82. The van der Waals surface area contributed by atoms with Crippen molar-refractivity contribution in [3.63, 3.8) is 0 Å². The normalized spacial score (nSPS) is 30.8. The predicted molar refractivity (Wildman–Crippen MR) is 96.7 cm³/mol. The van der Waals surface area contributed by atoms with Crippen molar-refractivity contribution in [3.8, 4) is 6.07 Å². The van der Waals surface area contributed by atoms with Crippen LogP contribution in [0, 0.1) is 22.7 Å². The van der Waals surface area contributed by atoms with Gasteiger partial charge in [-0.1, -0.05) is 37.6 Å². The topological polar surface area (TPSA) is 40.9 Å². The number of ketones is 1. The second kappa shape index (κ2) is 7.51. The van der Waals surface area contributed by atoms with Gasteiger partial charge in [0.25, 0.3) is 0 Å². The number of nitrogens with zero attached hydrogens (tertiary/aromatic N) is 1. The zero-order valence-electron chi connectivity index (χ0n) is 14.9. The smallest absolute Gasteiger partial charge is 0.133 e. The van der Waals surface area contributed by atoms with Crippen molar-refractivity contribution in [3.05, 3.63) is 35.4 Å². The van der Waals surface area contributed by atoms with Crippen molar-refractivity contribution in [2.45, 2.75) is 77.0 Å². The van der Waals surface area contributed by atoms with E-state index < -0.39 is 0 Å². The lowest BCUT2D eigenvalue weighted by molar-refractivity contribution is -0.123. The molecule has 24 heavy (non-hydrogen) atoms. The highest BCUT2D eigenvalue weighted by atomic mass is 16.1. The molecule has 0 amide bonds. The van der Waals surface area contributed by atoms with Gasteiger partial charge in [0, 0.05) is 12.8 Å². The van der Waals surface area contributed by atoms with Crippen LogP contribution in [0.15, 0.2) is 24.3 Å². The fourth-order valence-corrected chi connectivity index (χ4v) is 4.82. The molecule has 2 saturated carbocycles. The molecule has 2 fully saturated rings. The molecule has 3 rings (SSSR count). The predicted octanol–water partition coefficient (Wildman–Crippen LogP) is 5.57. The van der Waals surface area contributed by atoms with E-state index in [0.717, 1.165) is 51.4 Å². The molecule has 2 aliphatic rings. The lowest BCUT2D eigenvalue weighted by atomic mass is 9.60. The summed E-state index contributed by atoms with van der Waals surface area (Å²) >= 11 is 0. The number of hydrogen-bond acceptors (Lipinski definition) is 2. The first kappa shape index (κ1) is 17.2. The number of carbonyl (C=O) groups is 1. The van der Waals surface area contributed by atoms with Crippen molar-refractivity contribution in [2.24, 2.45) is 11.3 Å². The van der Waals surface area contributed by atoms with Gasteiger partial charge in [0.1, 0.15) is 5.78 Å². The van der Waals surface area contributed by atoms with Crippen LogP contribution in [0.2, 0.25) is 0 Å². The van der Waals surface area contributed by atoms with Crippen molar-refractivity contribution in [1.82, 2.24) is 0 Å². The van der Waals surface area contributed by atoms with Gasteiger partial charge in [0.2, 0.25) is 0 Å². The minimum absolute atomic E-state index is 0.241. The maximum atomic E-state index is 11.8. The average molecular weight is 323 g/mol. The third-order valence-corrected chi connectivity index (χ3v) is 6.35. The summed E-state index contributed by atoms with van der Waals surface area (Å²) in [4.78, 5) is 11.8. The summed E-state index contributed by atoms with van der Waals surface area (Å²) < 4.78 is 0. The molecule has 0 aromatic heterocycles. The Bertz CT molecular complexity index is 602. The van der Waals surface area contributed by atoms with Crippen molar-refractivity contribution < 1.29 is 4.79 Å². The number of aryl methyl sites for hydroxylation is 1. The lowest BCUT2D eigenvalue weighted by Gasteiger charge is -2.42. The Hall–Kier alpha value is -1.62. The first-order valence-corrected chi connectivity index (χ1v) is 9.68. The summed E-state index contributed by atoms with van der Waals surface area (Å²) in [6, 6.07) is 11.8. The number of benzene rings is 1. The van der Waals surface area contributed by atoms with E-state index in [-0.39, 0.29) is 5.41 Å². The second-order valence-corrected chi connectivity index (χ2v) is 7.87. The molecule has 1 aromatic rings. The number of Topliss-reactive ketones (excluding diaryl/α,β-unsaturated/α-hetero) is 1. The van der Waals surface area contributed by atoms with Gasteiger partial charge in [-0.05, 0) is 67.9 Å². The van der Waals surface area contributed by atoms with Gasteiger partial charge in [-0.2, -0.15) is 5.26 Å². The lowest BCUT2D eigenvalue weighted by Crippen LogP contribution is -2.36. The summed E-state index contributed by atoms with van der Waals surface area (Å²) in [7, 11) is 0. The molecule has 0 spiro atoms. The van der Waals surface area contributed by atoms with E-state index in [0.29, 0.717) is 24.0 Å². The maximum absolute atomic E-state index is 11.8. The summed E-state index contributed by atoms with van der Waals surface area (Å²) in [5.74, 6) is 1.26. The molecule has 128 valence electrons. The van der Waals surface area contributed by atoms with Gasteiger partial charge in [-0.3, -0.25) is 4.79 Å². The molecule has 0 bridgehead atoms. The quantitative estimate of drug-likeness (QED) is 0.727. The van der Waals surface area contributed by atoms with Crippen LogP contribution >= 0.6 is 0 Å². The minimum Gasteiger partial charge on any atom is -0.300 e. The molecule has 0 unspecified atom stereocenters. The molecule has 2 aliphatic carbocycles. The molecular weight excluding hydrogens is 294 g/mol. The molecule has 0 heterocycles. The summed E-state index contributed by atoms with van der Waals surface area (Å²) in [5, 5.41) is 9.87. The number of carbonyl (C=O) groups excluding carboxylic acids is 1. The average Bonchev–Trinajstić information content (AvgIpc) is 2.63. The van der Waals surface area contributed by atoms with Gasteiger partial charge >= 0.3 is 0 Å². The Labute approximate surface area is 146 Å². The minimum atomic E-state index is -0.241. The Morgan fingerprint density at radius 1 is 1.17 bits per heavy atom. The van der Waals surface area contributed by atoms with Crippen molar-refractivity contribution in [2.75, 3.05) is 0 Å². The van der Waals surface area contributed by atoms with Gasteiger partial charge in [-0.25, -0.2) is 0 Å². The highest BCUT2D eigenvalue weighted by Crippen LogP contribution is 2.50. The highest BCUT2D eigenvalue weighted by molar-refractivity contribution is 5.79. The van der Waals surface area contributed by atoms with E-state index >= 15 is 0 Å². The van der Waals surface area contributed by atoms with Crippen LogP contribution < -0.4 is 0 Å². The molecule has 2 nitrogen and oxygen atoms in total. The van der Waals surface area contributed by atoms with Gasteiger partial charge in [0.05, 0.1) is 11.5 Å². The van der Waals surface area contributed by atoms with E-state index in [1.54, 1.807) is 0 Å². The second-order valence-electron chi connectivity index (χ2n) is 7.87. The van der Waals surface area contributed by atoms with E-state index in [1.165, 1.54) is 17.5 Å². The molecule has 2 heteroatoms. The summed E-state index contributed by atoms with van der Waals surface area (Å²) in [6.45, 7) is 2.21. The Kier molecular flexibility index (Phi) is 5.39. The molecule has 1 aromatic carbocycles. The van der Waals surface area contributed by atoms with Crippen molar-refractivity contribution >= 4 is 5.78 Å². The van der Waals surface area contributed by atoms with Crippen LogP contribution in [0.4, 0.5) is 0 Å². The third-order valence-electron chi connectivity index (χ3n) is 6.35. The van der Waals surface area contributed by atoms with E-state index in [1.807, 2.05) is 0 Å². The third kappa shape index (κ3) is 3.56. The molecule has 0 N–H and O–H groups in total. The maximum Gasteiger partial charge on any atom is 0.133 e. The van der Waals surface area contributed by atoms with Gasteiger partial charge < -0.3 is 0 Å². The van der Waals surface area contributed by atoms with Crippen LogP contribution in [-0.2, 0) is 11.2 Å². The molecule has 0 saturated heterocycles. The van der Waals surface area contributed by atoms with Crippen LogP contribution in [0.1, 0.15) is 81.8 Å². The Balaban J connectivity index is 1.65. The molecule has 0 radical (unpaired) electrons. The molecule has 1 atom stereocenters. The van der Waals surface area contributed by atoms with Crippen LogP contribution in [0.25, 0.3) is 0 Å². The van der Waals surface area contributed by atoms with E-state index in [9.17, 15) is 10.1 Å². The number of hydrogen-bond donors (Lipinski definition) is 0. The zero-order chi connectivity index (χ0) is 17.0. The van der Waals surface area contributed by atoms with E-state index in [2.05, 4.69) is 37.3 Å². The summed E-state index contributed by atoms with van der Waals surface area (Å²) in [5.41, 5.74) is 2.61. The molecular formula is C22H29NO. The van der Waals surface area contributed by atoms with Crippen LogP contribution in [0.5, 0.6) is 0 Å². The van der Waals surface area contributed by atoms with Crippen molar-refractivity contribution in [1.29, 1.82) is 5.26 Å². The SMILES string of the molecule is CCCc1ccc(C2CCC(C#N)([C@@H]3CCCC(=O)C3)CC2)cc1.